The molecule has 0 spiro atoms. The van der Waals surface area contributed by atoms with Crippen LogP contribution in [0.15, 0.2) is 24.3 Å². The van der Waals surface area contributed by atoms with Crippen LogP contribution >= 0.6 is 0 Å². The van der Waals surface area contributed by atoms with Crippen molar-refractivity contribution in [1.29, 1.82) is 0 Å². The molecule has 66 valence electrons. The summed E-state index contributed by atoms with van der Waals surface area (Å²) in [5.41, 5.74) is 2.87. The van der Waals surface area contributed by atoms with Gasteiger partial charge in [-0.3, -0.25) is 0 Å². The van der Waals surface area contributed by atoms with Gasteiger partial charge in [0.1, 0.15) is 0 Å². The molecule has 13 heavy (non-hydrogen) atoms. The molecule has 0 N–H and O–H groups in total. The van der Waals surface area contributed by atoms with Crippen LogP contribution in [0.2, 0.25) is 0 Å². The summed E-state index contributed by atoms with van der Waals surface area (Å²) in [5.74, 6) is 0. The molecule has 0 aromatic heterocycles. The van der Waals surface area contributed by atoms with E-state index in [0.717, 1.165) is 12.0 Å². The van der Waals surface area contributed by atoms with E-state index in [-0.39, 0.29) is 18.9 Å². The second-order valence-corrected chi connectivity index (χ2v) is 4.55. The molecule has 0 fully saturated rings. The van der Waals surface area contributed by atoms with Crippen molar-refractivity contribution in [3.63, 3.8) is 0 Å². The molecule has 1 rings (SSSR count). The molecule has 0 atom stereocenters. The van der Waals surface area contributed by atoms with Gasteiger partial charge in [0.2, 0.25) is 0 Å². The van der Waals surface area contributed by atoms with E-state index in [9.17, 15) is 0 Å². The maximum Gasteiger partial charge on any atom is 1.00 e. The fraction of sp³-hybridized carbons (Fsp3) is 0.417. The molecule has 0 saturated carbocycles. The second kappa shape index (κ2) is 4.79. The van der Waals surface area contributed by atoms with Crippen LogP contribution in [0.4, 0.5) is 0 Å². The van der Waals surface area contributed by atoms with Crippen molar-refractivity contribution < 1.29 is 18.9 Å². The summed E-state index contributed by atoms with van der Waals surface area (Å²) in [6, 6.07) is 8.46. The van der Waals surface area contributed by atoms with Crippen LogP contribution in [0.25, 0.3) is 0 Å². The van der Waals surface area contributed by atoms with Crippen LogP contribution in [0, 0.1) is 12.3 Å². The van der Waals surface area contributed by atoms with Crippen molar-refractivity contribution in [2.45, 2.75) is 27.2 Å². The van der Waals surface area contributed by atoms with Gasteiger partial charge in [-0.15, -0.1) is 12.1 Å². The molecule has 0 aliphatic heterocycles. The topological polar surface area (TPSA) is 0 Å². The summed E-state index contributed by atoms with van der Waals surface area (Å²) in [5, 5.41) is 0. The van der Waals surface area contributed by atoms with Crippen LogP contribution in [-0.4, -0.2) is 0 Å². The molecule has 0 radical (unpaired) electrons. The Morgan fingerprint density at radius 2 is 1.54 bits per heavy atom. The van der Waals surface area contributed by atoms with Crippen LogP contribution in [0.5, 0.6) is 0 Å². The summed E-state index contributed by atoms with van der Waals surface area (Å²) < 4.78 is 0. The first-order valence-electron chi connectivity index (χ1n) is 4.38. The van der Waals surface area contributed by atoms with E-state index in [1.165, 1.54) is 5.56 Å². The quantitative estimate of drug-likeness (QED) is 0.422. The fourth-order valence-electron chi connectivity index (χ4n) is 1.27. The Hall–Kier alpha value is -0.313. The Balaban J connectivity index is 0.00000144. The van der Waals surface area contributed by atoms with Crippen molar-refractivity contribution >= 4 is 0 Å². The van der Waals surface area contributed by atoms with Gasteiger partial charge in [0.25, 0.3) is 0 Å². The standard InChI is InChI=1S/C12H17.Li/c1-10-5-7-11(8-6-10)9-12(2,3)4;/h5-8H,1,9H2,2-4H3;/q-1;+1. The molecular weight excluding hydrogens is 151 g/mol. The summed E-state index contributed by atoms with van der Waals surface area (Å²) in [4.78, 5) is 0. The molecule has 0 nitrogen and oxygen atoms in total. The van der Waals surface area contributed by atoms with E-state index in [4.69, 9.17) is 0 Å². The predicted molar refractivity (Wildman–Crippen MR) is 54.1 cm³/mol. The second-order valence-electron chi connectivity index (χ2n) is 4.55. The van der Waals surface area contributed by atoms with Gasteiger partial charge in [-0.1, -0.05) is 26.3 Å². The van der Waals surface area contributed by atoms with E-state index >= 15 is 0 Å². The molecule has 0 amide bonds. The average Bonchev–Trinajstić information content (AvgIpc) is 1.91. The summed E-state index contributed by atoms with van der Waals surface area (Å²) in [6.45, 7) is 10.6. The van der Waals surface area contributed by atoms with E-state index in [0.29, 0.717) is 5.41 Å². The zero-order valence-corrected chi connectivity index (χ0v) is 9.22. The predicted octanol–water partition coefficient (Wildman–Crippen LogP) is 0.461. The van der Waals surface area contributed by atoms with E-state index in [1.54, 1.807) is 0 Å². The monoisotopic (exact) mass is 168 g/mol. The smallest absolute Gasteiger partial charge is 0.199 e. The van der Waals surface area contributed by atoms with Crippen LogP contribution < -0.4 is 18.9 Å². The van der Waals surface area contributed by atoms with Crippen molar-refractivity contribution in [2.75, 3.05) is 0 Å². The number of hydrogen-bond acceptors (Lipinski definition) is 0. The minimum Gasteiger partial charge on any atom is -0.199 e. The van der Waals surface area contributed by atoms with Gasteiger partial charge in [0.05, 0.1) is 0 Å². The molecule has 1 heteroatoms. The largest absolute Gasteiger partial charge is 1.00 e. The minimum atomic E-state index is 0. The number of benzene rings is 1. The maximum absolute atomic E-state index is 3.86. The summed E-state index contributed by atoms with van der Waals surface area (Å²) in [6.07, 6.45) is 1.13. The van der Waals surface area contributed by atoms with E-state index < -0.39 is 0 Å². The molecule has 0 aliphatic rings. The van der Waals surface area contributed by atoms with Gasteiger partial charge >= 0.3 is 18.9 Å². The van der Waals surface area contributed by atoms with Crippen molar-refractivity contribution in [3.05, 3.63) is 42.3 Å². The van der Waals surface area contributed by atoms with Crippen LogP contribution in [0.3, 0.4) is 0 Å². The minimum absolute atomic E-state index is 0. The average molecular weight is 168 g/mol. The van der Waals surface area contributed by atoms with E-state index in [1.807, 2.05) is 0 Å². The Labute approximate surface area is 93.9 Å². The normalized spacial score (nSPS) is 10.7. The van der Waals surface area contributed by atoms with Crippen LogP contribution in [-0.2, 0) is 6.42 Å². The first kappa shape index (κ1) is 12.7. The molecule has 0 heterocycles. The Morgan fingerprint density at radius 3 is 1.92 bits per heavy atom. The third-order valence-corrected chi connectivity index (χ3v) is 1.76. The third kappa shape index (κ3) is 5.08. The first-order valence-corrected chi connectivity index (χ1v) is 4.38. The first-order chi connectivity index (χ1) is 5.47. The zero-order chi connectivity index (χ0) is 9.19. The van der Waals surface area contributed by atoms with Gasteiger partial charge in [-0.25, -0.2) is 0 Å². The molecule has 0 saturated heterocycles. The van der Waals surface area contributed by atoms with E-state index in [2.05, 4.69) is 52.0 Å². The third-order valence-electron chi connectivity index (χ3n) is 1.76. The van der Waals surface area contributed by atoms with Gasteiger partial charge < -0.3 is 0 Å². The number of rotatable bonds is 1. The zero-order valence-electron chi connectivity index (χ0n) is 9.22. The Kier molecular flexibility index (Phi) is 4.68. The summed E-state index contributed by atoms with van der Waals surface area (Å²) >= 11 is 0. The van der Waals surface area contributed by atoms with Crippen molar-refractivity contribution in [3.8, 4) is 0 Å². The molecule has 1 aromatic rings. The van der Waals surface area contributed by atoms with Gasteiger partial charge in [-0.05, 0) is 11.8 Å². The fourth-order valence-corrected chi connectivity index (χ4v) is 1.27. The van der Waals surface area contributed by atoms with Gasteiger partial charge in [-0.2, -0.15) is 24.6 Å². The van der Waals surface area contributed by atoms with Gasteiger partial charge in [0.15, 0.2) is 0 Å². The van der Waals surface area contributed by atoms with Crippen molar-refractivity contribution in [1.82, 2.24) is 0 Å². The molecule has 0 aliphatic carbocycles. The Bertz CT molecular complexity index is 241. The summed E-state index contributed by atoms with van der Waals surface area (Å²) in [7, 11) is 0. The van der Waals surface area contributed by atoms with Crippen LogP contribution in [0.1, 0.15) is 31.9 Å². The molecule has 0 bridgehead atoms. The Morgan fingerprint density at radius 1 is 1.08 bits per heavy atom. The SMILES string of the molecule is [CH2-]c1ccc(CC(C)(C)C)cc1.[Li+]. The molecular formula is C12H17Li. The maximum atomic E-state index is 3.86. The number of hydrogen-bond donors (Lipinski definition) is 0. The molecule has 1 aromatic carbocycles. The molecule has 0 unspecified atom stereocenters. The van der Waals surface area contributed by atoms with Gasteiger partial charge in [0, 0.05) is 0 Å². The van der Waals surface area contributed by atoms with Crippen molar-refractivity contribution in [2.24, 2.45) is 5.41 Å².